The van der Waals surface area contributed by atoms with Crippen LogP contribution >= 0.6 is 0 Å². The van der Waals surface area contributed by atoms with E-state index in [-0.39, 0.29) is 24.2 Å². The number of carbonyl (C=O) groups excluding carboxylic acids is 2. The predicted molar refractivity (Wildman–Crippen MR) is 144 cm³/mol. The molecule has 3 aliphatic rings. The lowest BCUT2D eigenvalue weighted by atomic mass is 10.1. The van der Waals surface area contributed by atoms with Gasteiger partial charge < -0.3 is 15.0 Å². The predicted octanol–water partition coefficient (Wildman–Crippen LogP) is 3.92. The summed E-state index contributed by atoms with van der Waals surface area (Å²) in [6.45, 7) is 11.5. The third kappa shape index (κ3) is 4.29. The van der Waals surface area contributed by atoms with Crippen molar-refractivity contribution in [2.45, 2.75) is 71.6 Å². The summed E-state index contributed by atoms with van der Waals surface area (Å²) in [7, 11) is 0. The maximum Gasteiger partial charge on any atom is 0.410 e. The van der Waals surface area contributed by atoms with Crippen molar-refractivity contribution < 1.29 is 14.3 Å². The number of anilines is 3. The molecule has 11 heteroatoms. The molecule has 3 aromatic heterocycles. The van der Waals surface area contributed by atoms with Crippen LogP contribution < -0.4 is 15.1 Å². The number of pyridine rings is 2. The second-order valence-corrected chi connectivity index (χ2v) is 11.5. The van der Waals surface area contributed by atoms with Crippen LogP contribution in [0.5, 0.6) is 0 Å². The van der Waals surface area contributed by atoms with Crippen molar-refractivity contribution in [1.29, 1.82) is 0 Å². The lowest BCUT2D eigenvalue weighted by molar-refractivity contribution is 0.0123. The fraction of sp³-hybridized carbons (Fsp3) is 0.519. The molecule has 3 aromatic rings. The number of rotatable bonds is 2. The van der Waals surface area contributed by atoms with Crippen LogP contribution in [0.25, 0.3) is 5.65 Å². The molecule has 2 bridgehead atoms. The smallest absolute Gasteiger partial charge is 0.410 e. The highest BCUT2D eigenvalue weighted by Gasteiger charge is 2.45. The van der Waals surface area contributed by atoms with E-state index in [9.17, 15) is 9.59 Å². The first-order chi connectivity index (χ1) is 18.1. The summed E-state index contributed by atoms with van der Waals surface area (Å²) in [6, 6.07) is 3.96. The van der Waals surface area contributed by atoms with Gasteiger partial charge in [-0.25, -0.2) is 24.1 Å². The normalized spacial score (nSPS) is 20.7. The van der Waals surface area contributed by atoms with E-state index in [2.05, 4.69) is 25.3 Å². The average molecular weight is 519 g/mol. The standard InChI is InChI=1S/C27H34N8O3/c1-16-12-23-29-17(2)31-34(23)15-21(16)30-25(36)33-11-9-20-22(8-10-28-24(20)33)32-13-18-6-7-19(14-32)35(18)26(37)38-27(3,4)5/h8,10,12,15,18-19H,6-7,9,11,13-14H2,1-5H3,(H,30,36). The van der Waals surface area contributed by atoms with Gasteiger partial charge in [0.1, 0.15) is 17.2 Å². The number of hydrogen-bond acceptors (Lipinski definition) is 7. The summed E-state index contributed by atoms with van der Waals surface area (Å²) in [6.07, 6.45) is 6.02. The Bertz CT molecular complexity index is 1410. The molecule has 0 spiro atoms. The zero-order valence-electron chi connectivity index (χ0n) is 22.6. The maximum absolute atomic E-state index is 13.4. The van der Waals surface area contributed by atoms with E-state index < -0.39 is 5.60 Å². The van der Waals surface area contributed by atoms with Crippen molar-refractivity contribution in [2.24, 2.45) is 0 Å². The van der Waals surface area contributed by atoms with Gasteiger partial charge in [0, 0.05) is 37.1 Å². The number of nitrogens with one attached hydrogen (secondary N) is 1. The van der Waals surface area contributed by atoms with E-state index in [0.717, 1.165) is 54.8 Å². The van der Waals surface area contributed by atoms with E-state index >= 15 is 0 Å². The van der Waals surface area contributed by atoms with E-state index in [1.165, 1.54) is 0 Å². The molecule has 2 atom stereocenters. The van der Waals surface area contributed by atoms with E-state index in [1.807, 2.05) is 51.7 Å². The minimum absolute atomic E-state index is 0.117. The molecule has 3 amide bonds. The number of carbonyl (C=O) groups is 2. The van der Waals surface area contributed by atoms with Crippen LogP contribution in [0.4, 0.5) is 26.8 Å². The lowest BCUT2D eigenvalue weighted by Gasteiger charge is -2.42. The van der Waals surface area contributed by atoms with Gasteiger partial charge in [-0.2, -0.15) is 5.10 Å². The van der Waals surface area contributed by atoms with Gasteiger partial charge in [-0.05, 0) is 71.6 Å². The first kappa shape index (κ1) is 24.4. The van der Waals surface area contributed by atoms with Crippen LogP contribution in [0, 0.1) is 13.8 Å². The molecule has 2 saturated heterocycles. The fourth-order valence-corrected chi connectivity index (χ4v) is 5.93. The molecular weight excluding hydrogens is 484 g/mol. The van der Waals surface area contributed by atoms with E-state index in [0.29, 0.717) is 23.9 Å². The van der Waals surface area contributed by atoms with Crippen LogP contribution in [0.2, 0.25) is 0 Å². The molecule has 6 rings (SSSR count). The molecule has 6 heterocycles. The van der Waals surface area contributed by atoms with Gasteiger partial charge in [-0.15, -0.1) is 0 Å². The zero-order chi connectivity index (χ0) is 26.8. The van der Waals surface area contributed by atoms with Crippen LogP contribution in [-0.4, -0.2) is 73.9 Å². The zero-order valence-corrected chi connectivity index (χ0v) is 22.6. The maximum atomic E-state index is 13.4. The van der Waals surface area contributed by atoms with E-state index in [1.54, 1.807) is 21.8 Å². The highest BCUT2D eigenvalue weighted by atomic mass is 16.6. The number of fused-ring (bicyclic) bond motifs is 4. The van der Waals surface area contributed by atoms with Crippen LogP contribution in [-0.2, 0) is 11.2 Å². The van der Waals surface area contributed by atoms with Gasteiger partial charge in [0.15, 0.2) is 5.65 Å². The van der Waals surface area contributed by atoms with Gasteiger partial charge in [0.2, 0.25) is 0 Å². The van der Waals surface area contributed by atoms with Crippen molar-refractivity contribution in [3.05, 3.63) is 41.5 Å². The van der Waals surface area contributed by atoms with Crippen molar-refractivity contribution in [1.82, 2.24) is 24.5 Å². The second kappa shape index (κ2) is 8.85. The number of aryl methyl sites for hydroxylation is 2. The quantitative estimate of drug-likeness (QED) is 0.548. The van der Waals surface area contributed by atoms with Gasteiger partial charge in [0.25, 0.3) is 0 Å². The van der Waals surface area contributed by atoms with Crippen molar-refractivity contribution >= 4 is 35.0 Å². The molecule has 2 fully saturated rings. The number of nitrogens with zero attached hydrogens (tertiary/aromatic N) is 7. The van der Waals surface area contributed by atoms with Crippen molar-refractivity contribution in [3.8, 4) is 0 Å². The molecule has 0 saturated carbocycles. The molecule has 0 aliphatic carbocycles. The molecule has 0 aromatic carbocycles. The third-order valence-corrected chi connectivity index (χ3v) is 7.55. The fourth-order valence-electron chi connectivity index (χ4n) is 5.93. The minimum atomic E-state index is -0.512. The molecular formula is C27H34N8O3. The molecule has 11 nitrogen and oxygen atoms in total. The largest absolute Gasteiger partial charge is 0.444 e. The lowest BCUT2D eigenvalue weighted by Crippen LogP contribution is -2.57. The number of urea groups is 1. The Hall–Kier alpha value is -3.89. The highest BCUT2D eigenvalue weighted by Crippen LogP contribution is 2.39. The SMILES string of the molecule is Cc1nc2cc(C)c(NC(=O)N3CCc4c(N5CC6CCC(C5)N6C(=O)OC(C)(C)C)ccnc43)cn2n1. The van der Waals surface area contributed by atoms with E-state index in [4.69, 9.17) is 4.74 Å². The summed E-state index contributed by atoms with van der Waals surface area (Å²) in [5, 5.41) is 7.40. The Morgan fingerprint density at radius 2 is 1.87 bits per heavy atom. The molecule has 3 aliphatic heterocycles. The number of piperazine rings is 1. The molecule has 38 heavy (non-hydrogen) atoms. The van der Waals surface area contributed by atoms with Gasteiger partial charge in [0.05, 0.1) is 24.0 Å². The molecule has 1 N–H and O–H groups in total. The Morgan fingerprint density at radius 1 is 1.13 bits per heavy atom. The van der Waals surface area contributed by atoms with Crippen LogP contribution in [0.3, 0.4) is 0 Å². The van der Waals surface area contributed by atoms with Crippen LogP contribution in [0.1, 0.15) is 50.6 Å². The summed E-state index contributed by atoms with van der Waals surface area (Å²) in [5.41, 5.74) is 4.01. The number of ether oxygens (including phenoxy) is 1. The first-order valence-corrected chi connectivity index (χ1v) is 13.2. The van der Waals surface area contributed by atoms with Crippen molar-refractivity contribution in [3.63, 3.8) is 0 Å². The first-order valence-electron chi connectivity index (χ1n) is 13.2. The Kier molecular flexibility index (Phi) is 5.69. The van der Waals surface area contributed by atoms with Gasteiger partial charge >= 0.3 is 12.1 Å². The monoisotopic (exact) mass is 518 g/mol. The topological polar surface area (TPSA) is 108 Å². The van der Waals surface area contributed by atoms with Gasteiger partial charge in [-0.1, -0.05) is 0 Å². The second-order valence-electron chi connectivity index (χ2n) is 11.5. The molecule has 200 valence electrons. The average Bonchev–Trinajstić information content (AvgIpc) is 3.50. The Morgan fingerprint density at radius 3 is 2.58 bits per heavy atom. The third-order valence-electron chi connectivity index (χ3n) is 7.55. The summed E-state index contributed by atoms with van der Waals surface area (Å²) in [5.74, 6) is 1.37. The number of aromatic nitrogens is 4. The Balaban J connectivity index is 1.20. The number of amides is 3. The van der Waals surface area contributed by atoms with Gasteiger partial charge in [-0.3, -0.25) is 9.80 Å². The number of hydrogen-bond donors (Lipinski definition) is 1. The minimum Gasteiger partial charge on any atom is -0.444 e. The summed E-state index contributed by atoms with van der Waals surface area (Å²) >= 11 is 0. The Labute approximate surface area is 221 Å². The van der Waals surface area contributed by atoms with Crippen LogP contribution in [0.15, 0.2) is 24.5 Å². The highest BCUT2D eigenvalue weighted by molar-refractivity contribution is 6.03. The molecule has 2 unspecified atom stereocenters. The summed E-state index contributed by atoms with van der Waals surface area (Å²) in [4.78, 5) is 41.2. The summed E-state index contributed by atoms with van der Waals surface area (Å²) < 4.78 is 7.37. The molecule has 0 radical (unpaired) electrons. The van der Waals surface area contributed by atoms with Crippen molar-refractivity contribution in [2.75, 3.05) is 34.8 Å².